The third-order valence-corrected chi connectivity index (χ3v) is 4.99. The van der Waals surface area contributed by atoms with Crippen LogP contribution in [0.2, 0.25) is 0 Å². The van der Waals surface area contributed by atoms with E-state index < -0.39 is 15.9 Å². The maximum absolute atomic E-state index is 12.2. The number of aliphatic hydroxyl groups is 1. The first-order valence-corrected chi connectivity index (χ1v) is 8.80. The topological polar surface area (TPSA) is 63.6 Å². The Balaban J connectivity index is 2.08. The van der Waals surface area contributed by atoms with Gasteiger partial charge in [-0.25, -0.2) is 8.42 Å². The van der Waals surface area contributed by atoms with Gasteiger partial charge in [-0.05, 0) is 30.2 Å². The van der Waals surface area contributed by atoms with Crippen LogP contribution in [-0.4, -0.2) is 26.4 Å². The molecule has 22 heavy (non-hydrogen) atoms. The molecular weight excluding hydrogens is 300 g/mol. The first-order chi connectivity index (χ1) is 10.4. The molecule has 5 heteroatoms. The largest absolute Gasteiger partial charge is 0.497 e. The molecule has 0 aliphatic carbocycles. The molecule has 1 unspecified atom stereocenters. The van der Waals surface area contributed by atoms with Crippen molar-refractivity contribution in [1.29, 1.82) is 0 Å². The van der Waals surface area contributed by atoms with Crippen molar-refractivity contribution >= 4 is 9.84 Å². The molecule has 0 aliphatic heterocycles. The normalized spacial score (nSPS) is 12.9. The Morgan fingerprint density at radius 1 is 1.14 bits per heavy atom. The van der Waals surface area contributed by atoms with Gasteiger partial charge in [0.1, 0.15) is 5.75 Å². The molecule has 0 heterocycles. The van der Waals surface area contributed by atoms with Gasteiger partial charge in [-0.15, -0.1) is 0 Å². The number of hydrogen-bond acceptors (Lipinski definition) is 4. The SMILES string of the molecule is COc1cccc(CS(=O)(=O)CC(O)c2ccc(C)cc2)c1. The molecule has 0 bridgehead atoms. The van der Waals surface area contributed by atoms with Gasteiger partial charge in [0.25, 0.3) is 0 Å². The smallest absolute Gasteiger partial charge is 0.157 e. The van der Waals surface area contributed by atoms with Crippen molar-refractivity contribution in [2.75, 3.05) is 12.9 Å². The summed E-state index contributed by atoms with van der Waals surface area (Å²) in [6.45, 7) is 1.94. The van der Waals surface area contributed by atoms with Crippen molar-refractivity contribution in [3.8, 4) is 5.75 Å². The van der Waals surface area contributed by atoms with Crippen LogP contribution in [0.3, 0.4) is 0 Å². The van der Waals surface area contributed by atoms with Crippen LogP contribution in [0.5, 0.6) is 5.75 Å². The maximum atomic E-state index is 12.2. The van der Waals surface area contributed by atoms with Gasteiger partial charge < -0.3 is 9.84 Å². The predicted octanol–water partition coefficient (Wildman–Crippen LogP) is 2.65. The number of benzene rings is 2. The van der Waals surface area contributed by atoms with Crippen molar-refractivity contribution in [2.24, 2.45) is 0 Å². The fourth-order valence-electron chi connectivity index (χ4n) is 2.20. The molecule has 2 aromatic carbocycles. The van der Waals surface area contributed by atoms with Crippen LogP contribution in [0.1, 0.15) is 22.8 Å². The highest BCUT2D eigenvalue weighted by Crippen LogP contribution is 2.20. The van der Waals surface area contributed by atoms with Gasteiger partial charge in [-0.3, -0.25) is 0 Å². The quantitative estimate of drug-likeness (QED) is 0.889. The van der Waals surface area contributed by atoms with E-state index in [1.54, 1.807) is 36.4 Å². The molecule has 0 aliphatic rings. The number of aryl methyl sites for hydroxylation is 1. The molecule has 2 rings (SSSR count). The molecule has 0 saturated heterocycles. The monoisotopic (exact) mass is 320 g/mol. The van der Waals surface area contributed by atoms with Crippen LogP contribution in [0, 0.1) is 6.92 Å². The van der Waals surface area contributed by atoms with E-state index >= 15 is 0 Å². The lowest BCUT2D eigenvalue weighted by Crippen LogP contribution is -2.16. The molecule has 118 valence electrons. The van der Waals surface area contributed by atoms with Crippen molar-refractivity contribution < 1.29 is 18.3 Å². The molecule has 0 amide bonds. The van der Waals surface area contributed by atoms with Crippen LogP contribution >= 0.6 is 0 Å². The van der Waals surface area contributed by atoms with E-state index in [9.17, 15) is 13.5 Å². The van der Waals surface area contributed by atoms with Gasteiger partial charge in [-0.2, -0.15) is 0 Å². The minimum atomic E-state index is -3.42. The van der Waals surface area contributed by atoms with Crippen LogP contribution in [0.25, 0.3) is 0 Å². The lowest BCUT2D eigenvalue weighted by atomic mass is 10.1. The molecule has 4 nitrogen and oxygen atoms in total. The first kappa shape index (κ1) is 16.5. The van der Waals surface area contributed by atoms with Gasteiger partial charge in [0.05, 0.1) is 24.7 Å². The Kier molecular flexibility index (Phi) is 5.21. The van der Waals surface area contributed by atoms with Gasteiger partial charge in [0.15, 0.2) is 9.84 Å². The Morgan fingerprint density at radius 3 is 2.45 bits per heavy atom. The summed E-state index contributed by atoms with van der Waals surface area (Å²) in [7, 11) is -1.89. The molecule has 1 N–H and O–H groups in total. The van der Waals surface area contributed by atoms with Gasteiger partial charge >= 0.3 is 0 Å². The summed E-state index contributed by atoms with van der Waals surface area (Å²) in [5.41, 5.74) is 2.32. The molecular formula is C17H20O4S. The second-order valence-electron chi connectivity index (χ2n) is 5.33. The third kappa shape index (κ3) is 4.58. The minimum absolute atomic E-state index is 0.118. The van der Waals surface area contributed by atoms with E-state index in [-0.39, 0.29) is 11.5 Å². The van der Waals surface area contributed by atoms with Crippen LogP contribution in [0.15, 0.2) is 48.5 Å². The van der Waals surface area contributed by atoms with E-state index in [4.69, 9.17) is 4.74 Å². The van der Waals surface area contributed by atoms with E-state index in [2.05, 4.69) is 0 Å². The second-order valence-corrected chi connectivity index (χ2v) is 7.44. The van der Waals surface area contributed by atoms with Crippen LogP contribution in [0.4, 0.5) is 0 Å². The zero-order valence-electron chi connectivity index (χ0n) is 12.7. The summed E-state index contributed by atoms with van der Waals surface area (Å²) >= 11 is 0. The lowest BCUT2D eigenvalue weighted by molar-refractivity contribution is 0.201. The Hall–Kier alpha value is -1.85. The number of ether oxygens (including phenoxy) is 1. The zero-order chi connectivity index (χ0) is 16.2. The molecule has 0 fully saturated rings. The Labute approximate surface area is 131 Å². The maximum Gasteiger partial charge on any atom is 0.157 e. The molecule has 0 aromatic heterocycles. The number of methoxy groups -OCH3 is 1. The fourth-order valence-corrected chi connectivity index (χ4v) is 3.68. The van der Waals surface area contributed by atoms with Crippen molar-refractivity contribution in [2.45, 2.75) is 18.8 Å². The summed E-state index contributed by atoms with van der Waals surface area (Å²) in [6.07, 6.45) is -1.02. The van der Waals surface area contributed by atoms with Crippen LogP contribution in [-0.2, 0) is 15.6 Å². The van der Waals surface area contributed by atoms with Crippen molar-refractivity contribution in [1.82, 2.24) is 0 Å². The van der Waals surface area contributed by atoms with E-state index in [1.165, 1.54) is 7.11 Å². The summed E-state index contributed by atoms with van der Waals surface area (Å²) in [6, 6.07) is 14.1. The molecule has 1 atom stereocenters. The Bertz CT molecular complexity index is 721. The van der Waals surface area contributed by atoms with Gasteiger partial charge in [0, 0.05) is 0 Å². The zero-order valence-corrected chi connectivity index (χ0v) is 13.5. The van der Waals surface area contributed by atoms with Crippen molar-refractivity contribution in [3.63, 3.8) is 0 Å². The summed E-state index contributed by atoms with van der Waals surface area (Å²) in [5, 5.41) is 10.1. The summed E-state index contributed by atoms with van der Waals surface area (Å²) in [4.78, 5) is 0. The first-order valence-electron chi connectivity index (χ1n) is 6.97. The molecule has 0 spiro atoms. The average molecular weight is 320 g/mol. The van der Waals surface area contributed by atoms with Gasteiger partial charge in [-0.1, -0.05) is 42.0 Å². The summed E-state index contributed by atoms with van der Waals surface area (Å²) < 4.78 is 29.6. The predicted molar refractivity (Wildman–Crippen MR) is 86.6 cm³/mol. The molecule has 0 saturated carbocycles. The number of hydrogen-bond donors (Lipinski definition) is 1. The number of rotatable bonds is 6. The Morgan fingerprint density at radius 2 is 1.82 bits per heavy atom. The molecule has 2 aromatic rings. The highest BCUT2D eigenvalue weighted by atomic mass is 32.2. The number of aliphatic hydroxyl groups excluding tert-OH is 1. The summed E-state index contributed by atoms with van der Waals surface area (Å²) in [5.74, 6) is 0.201. The fraction of sp³-hybridized carbons (Fsp3) is 0.294. The van der Waals surface area contributed by atoms with E-state index in [1.807, 2.05) is 19.1 Å². The second kappa shape index (κ2) is 6.94. The van der Waals surface area contributed by atoms with E-state index in [0.29, 0.717) is 16.9 Å². The standard InChI is InChI=1S/C17H20O4S/c1-13-6-8-15(9-7-13)17(18)12-22(19,20)11-14-4-3-5-16(10-14)21-2/h3-10,17-18H,11-12H2,1-2H3. The van der Waals surface area contributed by atoms with Crippen LogP contribution < -0.4 is 4.74 Å². The van der Waals surface area contributed by atoms with Crippen molar-refractivity contribution in [3.05, 3.63) is 65.2 Å². The lowest BCUT2D eigenvalue weighted by Gasteiger charge is -2.12. The number of sulfone groups is 1. The van der Waals surface area contributed by atoms with Gasteiger partial charge in [0.2, 0.25) is 0 Å². The average Bonchev–Trinajstić information content (AvgIpc) is 2.47. The van der Waals surface area contributed by atoms with E-state index in [0.717, 1.165) is 5.56 Å². The minimum Gasteiger partial charge on any atom is -0.497 e. The highest BCUT2D eigenvalue weighted by Gasteiger charge is 2.19. The molecule has 0 radical (unpaired) electrons. The third-order valence-electron chi connectivity index (χ3n) is 3.39. The highest BCUT2D eigenvalue weighted by molar-refractivity contribution is 7.90.